The Balaban J connectivity index is 2.17. The highest BCUT2D eigenvalue weighted by Crippen LogP contribution is 2.54. The number of alkyl halides is 2. The van der Waals surface area contributed by atoms with Crippen LogP contribution in [0.3, 0.4) is 0 Å². The Bertz CT molecular complexity index is 219. The van der Waals surface area contributed by atoms with Gasteiger partial charge in [-0.25, -0.2) is 4.79 Å². The number of hydrogen-bond acceptors (Lipinski definition) is 2. The lowest BCUT2D eigenvalue weighted by Crippen LogP contribution is -2.66. The van der Waals surface area contributed by atoms with E-state index in [1.807, 2.05) is 0 Å². The Morgan fingerprint density at radius 3 is 2.17 bits per heavy atom. The fourth-order valence-corrected chi connectivity index (χ4v) is 2.52. The zero-order valence-corrected chi connectivity index (χ0v) is 8.12. The van der Waals surface area contributed by atoms with Gasteiger partial charge in [0.15, 0.2) is 5.60 Å². The normalized spacial score (nSPS) is 31.0. The molecule has 0 aromatic heterocycles. The second-order valence-electron chi connectivity index (χ2n) is 3.52. The van der Waals surface area contributed by atoms with Gasteiger partial charge in [-0.2, -0.15) is 0 Å². The van der Waals surface area contributed by atoms with E-state index in [1.54, 1.807) is 0 Å². The molecular formula is C8H10Cl2O2. The number of rotatable bonds is 0. The van der Waals surface area contributed by atoms with E-state index in [0.717, 1.165) is 25.7 Å². The van der Waals surface area contributed by atoms with Gasteiger partial charge in [-0.05, 0) is 25.7 Å². The highest BCUT2D eigenvalue weighted by Gasteiger charge is 2.67. The molecule has 2 aliphatic rings. The van der Waals surface area contributed by atoms with E-state index in [0.29, 0.717) is 0 Å². The average molecular weight is 209 g/mol. The molecule has 12 heavy (non-hydrogen) atoms. The maximum absolute atomic E-state index is 10.9. The predicted molar refractivity (Wildman–Crippen MR) is 46.3 cm³/mol. The second kappa shape index (κ2) is 2.52. The molecule has 2 fully saturated rings. The van der Waals surface area contributed by atoms with E-state index in [2.05, 4.69) is 0 Å². The summed E-state index contributed by atoms with van der Waals surface area (Å²) in [6, 6.07) is 0. The third kappa shape index (κ3) is 0.912. The molecule has 0 aromatic carbocycles. The van der Waals surface area contributed by atoms with E-state index >= 15 is 0 Å². The van der Waals surface area contributed by atoms with Gasteiger partial charge in [-0.15, -0.1) is 0 Å². The lowest BCUT2D eigenvalue weighted by Gasteiger charge is -2.51. The molecule has 0 bridgehead atoms. The van der Waals surface area contributed by atoms with Crippen molar-refractivity contribution in [2.75, 3.05) is 0 Å². The van der Waals surface area contributed by atoms with Gasteiger partial charge in [0, 0.05) is 0 Å². The van der Waals surface area contributed by atoms with Crippen molar-refractivity contribution in [2.45, 2.75) is 42.0 Å². The second-order valence-corrected chi connectivity index (χ2v) is 4.85. The summed E-state index contributed by atoms with van der Waals surface area (Å²) in [5.74, 6) is -0.479. The number of esters is 1. The first-order chi connectivity index (χ1) is 5.58. The van der Waals surface area contributed by atoms with Crippen LogP contribution >= 0.6 is 23.2 Å². The summed E-state index contributed by atoms with van der Waals surface area (Å²) in [6.07, 6.45) is 4.91. The molecule has 1 aliphatic heterocycles. The van der Waals surface area contributed by atoms with Crippen LogP contribution in [0, 0.1) is 0 Å². The van der Waals surface area contributed by atoms with Crippen LogP contribution in [-0.2, 0) is 9.53 Å². The van der Waals surface area contributed by atoms with Gasteiger partial charge in [0.25, 0.3) is 4.33 Å². The summed E-state index contributed by atoms with van der Waals surface area (Å²) in [5.41, 5.74) is -0.550. The lowest BCUT2D eigenvalue weighted by atomic mass is 9.78. The number of carbonyl (C=O) groups is 1. The largest absolute Gasteiger partial charge is 0.453 e. The van der Waals surface area contributed by atoms with Crippen LogP contribution < -0.4 is 0 Å². The van der Waals surface area contributed by atoms with Crippen LogP contribution in [0.15, 0.2) is 0 Å². The van der Waals surface area contributed by atoms with E-state index < -0.39 is 15.9 Å². The Morgan fingerprint density at radius 1 is 1.17 bits per heavy atom. The molecule has 1 aliphatic carbocycles. The van der Waals surface area contributed by atoms with E-state index in [1.165, 1.54) is 6.42 Å². The van der Waals surface area contributed by atoms with Gasteiger partial charge in [0.05, 0.1) is 0 Å². The van der Waals surface area contributed by atoms with Crippen molar-refractivity contribution in [3.8, 4) is 0 Å². The molecule has 1 saturated heterocycles. The quantitative estimate of drug-likeness (QED) is 0.452. The summed E-state index contributed by atoms with van der Waals surface area (Å²) < 4.78 is 3.81. The van der Waals surface area contributed by atoms with Gasteiger partial charge in [-0.1, -0.05) is 29.6 Å². The van der Waals surface area contributed by atoms with Crippen LogP contribution in [0.1, 0.15) is 32.1 Å². The first-order valence-corrected chi connectivity index (χ1v) is 4.95. The first-order valence-electron chi connectivity index (χ1n) is 4.20. The molecule has 0 unspecified atom stereocenters. The molecule has 2 nitrogen and oxygen atoms in total. The van der Waals surface area contributed by atoms with Crippen molar-refractivity contribution in [2.24, 2.45) is 0 Å². The Kier molecular flexibility index (Phi) is 1.81. The van der Waals surface area contributed by atoms with E-state index in [9.17, 15) is 4.79 Å². The molecule has 0 aromatic rings. The number of halogens is 2. The predicted octanol–water partition coefficient (Wildman–Crippen LogP) is 2.42. The molecule has 4 heteroatoms. The van der Waals surface area contributed by atoms with Crippen molar-refractivity contribution in [1.29, 1.82) is 0 Å². The molecule has 1 saturated carbocycles. The summed E-state index contributed by atoms with van der Waals surface area (Å²) in [4.78, 5) is 10.9. The summed E-state index contributed by atoms with van der Waals surface area (Å²) in [5, 5.41) is 0. The SMILES string of the molecule is O=C1OC2(CCCCC2)C1(Cl)Cl. The first kappa shape index (κ1) is 8.64. The van der Waals surface area contributed by atoms with Crippen molar-refractivity contribution in [1.82, 2.24) is 0 Å². The molecule has 68 valence electrons. The molecule has 0 atom stereocenters. The van der Waals surface area contributed by atoms with Gasteiger partial charge in [0.1, 0.15) is 0 Å². The zero-order valence-electron chi connectivity index (χ0n) is 6.61. The van der Waals surface area contributed by atoms with E-state index in [-0.39, 0.29) is 0 Å². The molecule has 2 rings (SSSR count). The molecule has 0 radical (unpaired) electrons. The number of ether oxygens (including phenoxy) is 1. The molecule has 0 amide bonds. The van der Waals surface area contributed by atoms with Crippen molar-refractivity contribution in [3.05, 3.63) is 0 Å². The fourth-order valence-electron chi connectivity index (χ4n) is 1.98. The Morgan fingerprint density at radius 2 is 1.75 bits per heavy atom. The van der Waals surface area contributed by atoms with Gasteiger partial charge in [-0.3, -0.25) is 0 Å². The van der Waals surface area contributed by atoms with Gasteiger partial charge < -0.3 is 4.74 Å². The van der Waals surface area contributed by atoms with Crippen LogP contribution in [0.4, 0.5) is 0 Å². The number of hydrogen-bond donors (Lipinski definition) is 0. The topological polar surface area (TPSA) is 26.3 Å². The molecule has 1 heterocycles. The van der Waals surface area contributed by atoms with Crippen LogP contribution in [-0.4, -0.2) is 15.9 Å². The highest BCUT2D eigenvalue weighted by atomic mass is 35.5. The van der Waals surface area contributed by atoms with Crippen LogP contribution in [0.5, 0.6) is 0 Å². The van der Waals surface area contributed by atoms with Crippen molar-refractivity contribution >= 4 is 29.2 Å². The van der Waals surface area contributed by atoms with Gasteiger partial charge >= 0.3 is 5.97 Å². The Labute approximate surface area is 81.2 Å². The van der Waals surface area contributed by atoms with E-state index in [4.69, 9.17) is 27.9 Å². The molecule has 1 spiro atoms. The lowest BCUT2D eigenvalue weighted by molar-refractivity contribution is -0.200. The third-order valence-corrected chi connectivity index (χ3v) is 3.78. The summed E-state index contributed by atoms with van der Waals surface area (Å²) >= 11 is 11.8. The minimum atomic E-state index is -1.27. The maximum atomic E-state index is 10.9. The van der Waals surface area contributed by atoms with Crippen LogP contribution in [0.2, 0.25) is 0 Å². The minimum absolute atomic E-state index is 0.479. The maximum Gasteiger partial charge on any atom is 0.347 e. The number of carbonyl (C=O) groups excluding carboxylic acids is 1. The fraction of sp³-hybridized carbons (Fsp3) is 0.875. The average Bonchev–Trinajstić information content (AvgIpc) is 2.06. The Hall–Kier alpha value is 0.0500. The summed E-state index contributed by atoms with van der Waals surface area (Å²) in [6.45, 7) is 0. The standard InChI is InChI=1S/C8H10Cl2O2/c9-8(10)6(11)12-7(8)4-2-1-3-5-7/h1-5H2. The monoisotopic (exact) mass is 208 g/mol. The highest BCUT2D eigenvalue weighted by molar-refractivity contribution is 6.60. The molecule has 0 N–H and O–H groups in total. The third-order valence-electron chi connectivity index (χ3n) is 2.78. The zero-order chi connectivity index (χ0) is 8.82. The summed E-state index contributed by atoms with van der Waals surface area (Å²) in [7, 11) is 0. The van der Waals surface area contributed by atoms with Crippen LogP contribution in [0.25, 0.3) is 0 Å². The minimum Gasteiger partial charge on any atom is -0.453 e. The van der Waals surface area contributed by atoms with Gasteiger partial charge in [0.2, 0.25) is 0 Å². The van der Waals surface area contributed by atoms with Crippen molar-refractivity contribution < 1.29 is 9.53 Å². The molecular weight excluding hydrogens is 199 g/mol. The smallest absolute Gasteiger partial charge is 0.347 e. The van der Waals surface area contributed by atoms with Crippen molar-refractivity contribution in [3.63, 3.8) is 0 Å².